The molecule has 0 saturated heterocycles. The molecular formula is C14H10F3N5O. The van der Waals surface area contributed by atoms with Gasteiger partial charge in [0, 0.05) is 24.2 Å². The summed E-state index contributed by atoms with van der Waals surface area (Å²) in [7, 11) is 0. The second kappa shape index (κ2) is 6.03. The van der Waals surface area contributed by atoms with E-state index in [4.69, 9.17) is 4.52 Å². The molecule has 0 aliphatic rings. The first-order valence-electron chi connectivity index (χ1n) is 6.52. The molecule has 3 aromatic heterocycles. The molecule has 9 heteroatoms. The number of alkyl halides is 3. The van der Waals surface area contributed by atoms with Crippen LogP contribution in [0.2, 0.25) is 0 Å². The van der Waals surface area contributed by atoms with Crippen molar-refractivity contribution in [3.05, 3.63) is 54.3 Å². The van der Waals surface area contributed by atoms with Crippen LogP contribution in [0.25, 0.3) is 11.4 Å². The lowest BCUT2D eigenvalue weighted by Crippen LogP contribution is -2.07. The van der Waals surface area contributed by atoms with Gasteiger partial charge in [0.05, 0.1) is 12.1 Å². The molecule has 3 heterocycles. The Morgan fingerprint density at radius 1 is 1.09 bits per heavy atom. The standard InChI is InChI=1S/C14H10F3N5O/c15-14(16,17)10-1-2-11(19-7-10)20-8-12-21-13(22-23-12)9-3-5-18-6-4-9/h1-7H,8H2,(H,19,20). The van der Waals surface area contributed by atoms with E-state index in [0.717, 1.165) is 17.8 Å². The molecule has 0 aliphatic carbocycles. The number of halogens is 3. The fourth-order valence-electron chi connectivity index (χ4n) is 1.78. The molecule has 0 aromatic carbocycles. The van der Waals surface area contributed by atoms with Crippen molar-refractivity contribution < 1.29 is 17.7 Å². The van der Waals surface area contributed by atoms with E-state index < -0.39 is 11.7 Å². The first-order valence-corrected chi connectivity index (χ1v) is 6.52. The largest absolute Gasteiger partial charge is 0.417 e. The lowest BCUT2D eigenvalue weighted by molar-refractivity contribution is -0.137. The molecule has 118 valence electrons. The van der Waals surface area contributed by atoms with Crippen LogP contribution in [0.15, 0.2) is 47.4 Å². The summed E-state index contributed by atoms with van der Waals surface area (Å²) in [4.78, 5) is 11.8. The fraction of sp³-hybridized carbons (Fsp3) is 0.143. The molecule has 0 radical (unpaired) electrons. The summed E-state index contributed by atoms with van der Waals surface area (Å²) in [6, 6.07) is 5.66. The number of hydrogen-bond acceptors (Lipinski definition) is 6. The summed E-state index contributed by atoms with van der Waals surface area (Å²) in [6.45, 7) is 0.149. The van der Waals surface area contributed by atoms with E-state index in [9.17, 15) is 13.2 Å². The fourth-order valence-corrected chi connectivity index (χ4v) is 1.78. The molecule has 0 aliphatic heterocycles. The number of rotatable bonds is 4. The van der Waals surface area contributed by atoms with Gasteiger partial charge in [-0.2, -0.15) is 18.2 Å². The number of aromatic nitrogens is 4. The number of hydrogen-bond donors (Lipinski definition) is 1. The summed E-state index contributed by atoms with van der Waals surface area (Å²) in [5.41, 5.74) is -0.0523. The van der Waals surface area contributed by atoms with Crippen LogP contribution in [0.3, 0.4) is 0 Å². The summed E-state index contributed by atoms with van der Waals surface area (Å²) in [6.07, 6.45) is -0.429. The Balaban J connectivity index is 1.64. The Morgan fingerprint density at radius 3 is 2.52 bits per heavy atom. The van der Waals surface area contributed by atoms with Gasteiger partial charge in [0.2, 0.25) is 11.7 Å². The Morgan fingerprint density at radius 2 is 1.87 bits per heavy atom. The molecule has 0 fully saturated rings. The van der Waals surface area contributed by atoms with E-state index in [-0.39, 0.29) is 12.4 Å². The maximum absolute atomic E-state index is 12.4. The molecule has 0 bridgehead atoms. The summed E-state index contributed by atoms with van der Waals surface area (Å²) in [5.74, 6) is 0.977. The zero-order valence-corrected chi connectivity index (χ0v) is 11.6. The number of anilines is 1. The third-order valence-corrected chi connectivity index (χ3v) is 2.92. The number of nitrogens with zero attached hydrogens (tertiary/aromatic N) is 4. The van der Waals surface area contributed by atoms with Gasteiger partial charge in [-0.15, -0.1) is 0 Å². The van der Waals surface area contributed by atoms with E-state index in [1.54, 1.807) is 24.5 Å². The minimum atomic E-state index is -4.41. The van der Waals surface area contributed by atoms with Gasteiger partial charge in [-0.3, -0.25) is 4.98 Å². The molecule has 0 spiro atoms. The Hall–Kier alpha value is -2.97. The molecule has 23 heavy (non-hydrogen) atoms. The summed E-state index contributed by atoms with van der Waals surface area (Å²) in [5, 5.41) is 6.64. The van der Waals surface area contributed by atoms with E-state index in [2.05, 4.69) is 25.4 Å². The predicted molar refractivity (Wildman–Crippen MR) is 74.1 cm³/mol. The van der Waals surface area contributed by atoms with Gasteiger partial charge in [0.25, 0.3) is 0 Å². The van der Waals surface area contributed by atoms with Gasteiger partial charge in [0.15, 0.2) is 0 Å². The minimum absolute atomic E-state index is 0.149. The number of nitrogens with one attached hydrogen (secondary N) is 1. The molecule has 0 atom stereocenters. The van der Waals surface area contributed by atoms with Crippen LogP contribution in [0.1, 0.15) is 11.5 Å². The van der Waals surface area contributed by atoms with Gasteiger partial charge in [-0.25, -0.2) is 4.98 Å². The van der Waals surface area contributed by atoms with Gasteiger partial charge in [0.1, 0.15) is 5.82 Å². The quantitative estimate of drug-likeness (QED) is 0.795. The second-order valence-corrected chi connectivity index (χ2v) is 4.53. The molecule has 3 rings (SSSR count). The lowest BCUT2D eigenvalue weighted by Gasteiger charge is -2.07. The molecule has 0 saturated carbocycles. The summed E-state index contributed by atoms with van der Waals surface area (Å²) >= 11 is 0. The summed E-state index contributed by atoms with van der Waals surface area (Å²) < 4.78 is 42.4. The van der Waals surface area contributed by atoms with Gasteiger partial charge < -0.3 is 9.84 Å². The maximum atomic E-state index is 12.4. The molecule has 6 nitrogen and oxygen atoms in total. The minimum Gasteiger partial charge on any atom is -0.361 e. The Kier molecular flexibility index (Phi) is 3.92. The molecule has 1 N–H and O–H groups in total. The third-order valence-electron chi connectivity index (χ3n) is 2.92. The van der Waals surface area contributed by atoms with Crippen molar-refractivity contribution in [3.63, 3.8) is 0 Å². The Labute approximate surface area is 128 Å². The third kappa shape index (κ3) is 3.62. The van der Waals surface area contributed by atoms with Gasteiger partial charge in [-0.1, -0.05) is 5.16 Å². The zero-order valence-electron chi connectivity index (χ0n) is 11.6. The van der Waals surface area contributed by atoms with Gasteiger partial charge in [-0.05, 0) is 24.3 Å². The predicted octanol–water partition coefficient (Wildman–Crippen LogP) is 3.16. The van der Waals surface area contributed by atoms with E-state index in [0.29, 0.717) is 11.7 Å². The second-order valence-electron chi connectivity index (χ2n) is 4.53. The van der Waals surface area contributed by atoms with Crippen LogP contribution in [-0.4, -0.2) is 20.1 Å². The zero-order chi connectivity index (χ0) is 16.3. The Bertz CT molecular complexity index is 771. The average Bonchev–Trinajstić information content (AvgIpc) is 3.02. The molecule has 0 unspecified atom stereocenters. The van der Waals surface area contributed by atoms with Crippen molar-refractivity contribution in [3.8, 4) is 11.4 Å². The van der Waals surface area contributed by atoms with Crippen LogP contribution in [0.4, 0.5) is 19.0 Å². The van der Waals surface area contributed by atoms with E-state index in [1.165, 1.54) is 6.07 Å². The van der Waals surface area contributed by atoms with Crippen molar-refractivity contribution in [1.29, 1.82) is 0 Å². The molecule has 0 amide bonds. The normalized spacial score (nSPS) is 11.4. The highest BCUT2D eigenvalue weighted by molar-refractivity contribution is 5.52. The molecule has 3 aromatic rings. The SMILES string of the molecule is FC(F)(F)c1ccc(NCc2nc(-c3ccncc3)no2)nc1. The van der Waals surface area contributed by atoms with Crippen molar-refractivity contribution in [2.75, 3.05) is 5.32 Å². The monoisotopic (exact) mass is 321 g/mol. The van der Waals surface area contributed by atoms with E-state index in [1.807, 2.05) is 0 Å². The highest BCUT2D eigenvalue weighted by Gasteiger charge is 2.30. The van der Waals surface area contributed by atoms with Crippen molar-refractivity contribution in [1.82, 2.24) is 20.1 Å². The highest BCUT2D eigenvalue weighted by atomic mass is 19.4. The topological polar surface area (TPSA) is 76.7 Å². The van der Waals surface area contributed by atoms with Crippen LogP contribution in [-0.2, 0) is 12.7 Å². The van der Waals surface area contributed by atoms with Crippen LogP contribution >= 0.6 is 0 Å². The van der Waals surface area contributed by atoms with Crippen LogP contribution in [0.5, 0.6) is 0 Å². The van der Waals surface area contributed by atoms with Gasteiger partial charge >= 0.3 is 6.18 Å². The highest BCUT2D eigenvalue weighted by Crippen LogP contribution is 2.28. The van der Waals surface area contributed by atoms with Crippen molar-refractivity contribution in [2.24, 2.45) is 0 Å². The van der Waals surface area contributed by atoms with Crippen molar-refractivity contribution >= 4 is 5.82 Å². The maximum Gasteiger partial charge on any atom is 0.417 e. The first-order chi connectivity index (χ1) is 11.0. The molecular weight excluding hydrogens is 311 g/mol. The number of pyridine rings is 2. The van der Waals surface area contributed by atoms with Crippen LogP contribution < -0.4 is 5.32 Å². The smallest absolute Gasteiger partial charge is 0.361 e. The van der Waals surface area contributed by atoms with Crippen LogP contribution in [0, 0.1) is 0 Å². The van der Waals surface area contributed by atoms with Crippen molar-refractivity contribution in [2.45, 2.75) is 12.7 Å². The van der Waals surface area contributed by atoms with E-state index >= 15 is 0 Å². The lowest BCUT2D eigenvalue weighted by atomic mass is 10.2. The average molecular weight is 321 g/mol. The first kappa shape index (κ1) is 14.9.